The van der Waals surface area contributed by atoms with E-state index in [1.54, 1.807) is 24.3 Å². The second kappa shape index (κ2) is 9.54. The molecule has 0 unspecified atom stereocenters. The maximum Gasteiger partial charge on any atom is 0.305 e. The molecule has 0 atom stereocenters. The summed E-state index contributed by atoms with van der Waals surface area (Å²) < 4.78 is 10.3. The van der Waals surface area contributed by atoms with Gasteiger partial charge in [-0.2, -0.15) is 0 Å². The molecule has 2 aromatic carbocycles. The van der Waals surface area contributed by atoms with Gasteiger partial charge < -0.3 is 20.3 Å². The highest BCUT2D eigenvalue weighted by Crippen LogP contribution is 2.32. The Morgan fingerprint density at radius 2 is 1.79 bits per heavy atom. The third-order valence-electron chi connectivity index (χ3n) is 4.44. The smallest absolute Gasteiger partial charge is 0.305 e. The van der Waals surface area contributed by atoms with Gasteiger partial charge in [-0.1, -0.05) is 24.3 Å². The minimum absolute atomic E-state index is 0.133. The lowest BCUT2D eigenvalue weighted by Crippen LogP contribution is -2.02. The fourth-order valence-corrected chi connectivity index (χ4v) is 2.85. The number of rotatable bonds is 8. The maximum absolute atomic E-state index is 11.1. The minimum atomic E-state index is -0.207. The van der Waals surface area contributed by atoms with Gasteiger partial charge in [-0.25, -0.2) is 0 Å². The molecule has 0 aliphatic rings. The Kier molecular flexibility index (Phi) is 6.63. The first-order valence-corrected chi connectivity index (χ1v) is 9.30. The summed E-state index contributed by atoms with van der Waals surface area (Å²) in [4.78, 5) is 11.1. The summed E-state index contributed by atoms with van der Waals surface area (Å²) in [5.74, 6) is 0.962. The second-order valence-corrected chi connectivity index (χ2v) is 6.45. The van der Waals surface area contributed by atoms with Crippen molar-refractivity contribution in [2.24, 2.45) is 0 Å². The van der Waals surface area contributed by atoms with Crippen LogP contribution in [0.1, 0.15) is 19.3 Å². The zero-order valence-corrected chi connectivity index (χ0v) is 16.2. The van der Waals surface area contributed by atoms with Crippen LogP contribution in [0.25, 0.3) is 22.4 Å². The van der Waals surface area contributed by atoms with Gasteiger partial charge in [-0.3, -0.25) is 4.79 Å². The van der Waals surface area contributed by atoms with Gasteiger partial charge in [0.2, 0.25) is 0 Å². The van der Waals surface area contributed by atoms with E-state index < -0.39 is 0 Å². The second-order valence-electron chi connectivity index (χ2n) is 6.45. The van der Waals surface area contributed by atoms with Crippen molar-refractivity contribution in [3.05, 3.63) is 54.6 Å². The van der Waals surface area contributed by atoms with Crippen LogP contribution in [-0.2, 0) is 9.53 Å². The van der Waals surface area contributed by atoms with Crippen LogP contribution >= 0.6 is 0 Å². The first-order valence-electron chi connectivity index (χ1n) is 9.30. The van der Waals surface area contributed by atoms with E-state index in [-0.39, 0.29) is 11.7 Å². The molecule has 1 aromatic heterocycles. The largest absolute Gasteiger partial charge is 0.507 e. The number of aromatic nitrogens is 2. The van der Waals surface area contributed by atoms with Crippen molar-refractivity contribution >= 4 is 11.8 Å². The molecule has 3 aromatic rings. The number of nitrogens with two attached hydrogens (primary N) is 1. The van der Waals surface area contributed by atoms with Gasteiger partial charge in [0.05, 0.1) is 19.4 Å². The highest BCUT2D eigenvalue weighted by Gasteiger charge is 2.11. The predicted octanol–water partition coefficient (Wildman–Crippen LogP) is 3.82. The molecule has 0 radical (unpaired) electrons. The molecular formula is C22H23N3O4. The van der Waals surface area contributed by atoms with Gasteiger partial charge in [0.15, 0.2) is 5.82 Å². The van der Waals surface area contributed by atoms with E-state index in [1.807, 2.05) is 30.3 Å². The Morgan fingerprint density at radius 3 is 2.52 bits per heavy atom. The number of phenols is 1. The highest BCUT2D eigenvalue weighted by molar-refractivity contribution is 5.79. The molecule has 3 N–H and O–H groups in total. The molecule has 29 heavy (non-hydrogen) atoms. The zero-order chi connectivity index (χ0) is 20.6. The lowest BCUT2D eigenvalue weighted by atomic mass is 10.0. The molecule has 0 fully saturated rings. The molecule has 3 rings (SSSR count). The fraction of sp³-hybridized carbons (Fsp3) is 0.227. The number of methoxy groups -OCH3 is 1. The summed E-state index contributed by atoms with van der Waals surface area (Å²) in [5, 5.41) is 18.2. The number of unbranched alkanes of at least 4 members (excludes halogenated alkanes) is 1. The summed E-state index contributed by atoms with van der Waals surface area (Å²) in [7, 11) is 1.39. The number of esters is 1. The minimum Gasteiger partial charge on any atom is -0.507 e. The summed E-state index contributed by atoms with van der Waals surface area (Å²) >= 11 is 0. The number of phenolic OH excluding ortho intramolecular Hbond substituents is 1. The monoisotopic (exact) mass is 393 g/mol. The van der Waals surface area contributed by atoms with Crippen LogP contribution in [0.4, 0.5) is 5.82 Å². The Bertz CT molecular complexity index is 974. The number of hydrogen-bond donors (Lipinski definition) is 2. The van der Waals surface area contributed by atoms with Gasteiger partial charge in [-0.05, 0) is 48.7 Å². The molecule has 0 spiro atoms. The third kappa shape index (κ3) is 5.22. The van der Waals surface area contributed by atoms with Crippen LogP contribution in [0.15, 0.2) is 54.6 Å². The topological polar surface area (TPSA) is 108 Å². The standard InChI is InChI=1S/C22H23N3O4/c1-28-21(27)8-4-5-13-29-16-11-9-15(10-12-16)18-14-19(24-25-22(18)23)17-6-2-3-7-20(17)26/h2-3,6-7,9-12,14,26H,4-5,8,13H2,1H3,(H2,23,25). The summed E-state index contributed by atoms with van der Waals surface area (Å²) in [5.41, 5.74) is 8.74. The van der Waals surface area contributed by atoms with Crippen molar-refractivity contribution in [3.8, 4) is 33.9 Å². The molecule has 150 valence electrons. The molecular weight excluding hydrogens is 370 g/mol. The number of anilines is 1. The Morgan fingerprint density at radius 1 is 1.03 bits per heavy atom. The molecule has 0 amide bonds. The average molecular weight is 393 g/mol. The number of ether oxygens (including phenoxy) is 2. The normalized spacial score (nSPS) is 10.5. The van der Waals surface area contributed by atoms with Crippen molar-refractivity contribution in [1.29, 1.82) is 0 Å². The number of para-hydroxylation sites is 1. The number of aromatic hydroxyl groups is 1. The lowest BCUT2D eigenvalue weighted by molar-refractivity contribution is -0.140. The molecule has 0 bridgehead atoms. The molecule has 7 heteroatoms. The Hall–Kier alpha value is -3.61. The third-order valence-corrected chi connectivity index (χ3v) is 4.44. The number of carbonyl (C=O) groups excluding carboxylic acids is 1. The summed E-state index contributed by atoms with van der Waals surface area (Å²) in [6.07, 6.45) is 1.88. The Balaban J connectivity index is 1.67. The van der Waals surface area contributed by atoms with Crippen LogP contribution in [-0.4, -0.2) is 35.0 Å². The SMILES string of the molecule is COC(=O)CCCCOc1ccc(-c2cc(-c3ccccc3O)nnc2N)cc1. The lowest BCUT2D eigenvalue weighted by Gasteiger charge is -2.10. The van der Waals surface area contributed by atoms with Gasteiger partial charge in [-0.15, -0.1) is 10.2 Å². The van der Waals surface area contributed by atoms with Crippen molar-refractivity contribution in [3.63, 3.8) is 0 Å². The van der Waals surface area contributed by atoms with E-state index in [2.05, 4.69) is 14.9 Å². The molecule has 0 aliphatic heterocycles. The molecule has 0 saturated carbocycles. The van der Waals surface area contributed by atoms with Crippen molar-refractivity contribution in [2.75, 3.05) is 19.5 Å². The van der Waals surface area contributed by atoms with E-state index in [9.17, 15) is 9.90 Å². The van der Waals surface area contributed by atoms with Gasteiger partial charge in [0, 0.05) is 17.5 Å². The summed E-state index contributed by atoms with van der Waals surface area (Å²) in [6.45, 7) is 0.521. The number of nitrogens with zero attached hydrogens (tertiary/aromatic N) is 2. The molecule has 0 saturated heterocycles. The highest BCUT2D eigenvalue weighted by atomic mass is 16.5. The molecule has 7 nitrogen and oxygen atoms in total. The van der Waals surface area contributed by atoms with Crippen LogP contribution in [0, 0.1) is 0 Å². The average Bonchev–Trinajstić information content (AvgIpc) is 2.75. The van der Waals surface area contributed by atoms with Gasteiger partial charge >= 0.3 is 5.97 Å². The number of nitrogen functional groups attached to an aromatic ring is 1. The van der Waals surface area contributed by atoms with Crippen LogP contribution in [0.3, 0.4) is 0 Å². The number of carbonyl (C=O) groups is 1. The van der Waals surface area contributed by atoms with E-state index in [0.29, 0.717) is 30.1 Å². The van der Waals surface area contributed by atoms with Crippen LogP contribution in [0.5, 0.6) is 11.5 Å². The van der Waals surface area contributed by atoms with E-state index in [4.69, 9.17) is 10.5 Å². The fourth-order valence-electron chi connectivity index (χ4n) is 2.85. The zero-order valence-electron chi connectivity index (χ0n) is 16.2. The number of benzene rings is 2. The van der Waals surface area contributed by atoms with Gasteiger partial charge in [0.25, 0.3) is 0 Å². The van der Waals surface area contributed by atoms with Crippen molar-refractivity contribution in [1.82, 2.24) is 10.2 Å². The van der Waals surface area contributed by atoms with Crippen LogP contribution in [0.2, 0.25) is 0 Å². The van der Waals surface area contributed by atoms with Gasteiger partial charge in [0.1, 0.15) is 11.5 Å². The number of hydrogen-bond acceptors (Lipinski definition) is 7. The van der Waals surface area contributed by atoms with E-state index >= 15 is 0 Å². The van der Waals surface area contributed by atoms with E-state index in [0.717, 1.165) is 29.7 Å². The van der Waals surface area contributed by atoms with E-state index in [1.165, 1.54) is 7.11 Å². The van der Waals surface area contributed by atoms with Crippen molar-refractivity contribution in [2.45, 2.75) is 19.3 Å². The maximum atomic E-state index is 11.1. The first-order chi connectivity index (χ1) is 14.1. The molecule has 1 heterocycles. The Labute approximate surface area is 169 Å². The molecule has 0 aliphatic carbocycles. The first kappa shape index (κ1) is 20.1. The van der Waals surface area contributed by atoms with Crippen LogP contribution < -0.4 is 10.5 Å². The predicted molar refractivity (Wildman–Crippen MR) is 110 cm³/mol. The van der Waals surface area contributed by atoms with Crippen molar-refractivity contribution < 1.29 is 19.4 Å². The summed E-state index contributed by atoms with van der Waals surface area (Å²) in [6, 6.07) is 16.3. The quantitative estimate of drug-likeness (QED) is 0.442.